The summed E-state index contributed by atoms with van der Waals surface area (Å²) in [6.07, 6.45) is 0.00317. The van der Waals surface area contributed by atoms with Gasteiger partial charge < -0.3 is 9.47 Å². The predicted octanol–water partition coefficient (Wildman–Crippen LogP) is 5.40. The molecule has 0 radical (unpaired) electrons. The van der Waals surface area contributed by atoms with Crippen LogP contribution in [0.15, 0.2) is 6.07 Å². The second-order valence-corrected chi connectivity index (χ2v) is 13.1. The molecule has 8 nitrogen and oxygen atoms in total. The molecule has 1 unspecified atom stereocenters. The first kappa shape index (κ1) is 31.9. The quantitative estimate of drug-likeness (QED) is 0.196. The van der Waals surface area contributed by atoms with E-state index < -0.39 is 52.3 Å². The van der Waals surface area contributed by atoms with Crippen LogP contribution in [0.1, 0.15) is 39.7 Å². The molecule has 1 rings (SSSR count). The zero-order valence-electron chi connectivity index (χ0n) is 18.6. The van der Waals surface area contributed by atoms with Crippen molar-refractivity contribution in [1.82, 2.24) is 4.72 Å². The molecule has 1 amide bonds. The second kappa shape index (κ2) is 12.9. The van der Waals surface area contributed by atoms with Crippen LogP contribution in [0.2, 0.25) is 0 Å². The minimum absolute atomic E-state index is 0.250. The Labute approximate surface area is 237 Å². The molecule has 0 aromatic heterocycles. The van der Waals surface area contributed by atoms with Gasteiger partial charge in [0.15, 0.2) is 0 Å². The molecular formula is C19H24F3I3N2O6S. The van der Waals surface area contributed by atoms with Crippen molar-refractivity contribution in [3.63, 3.8) is 0 Å². The van der Waals surface area contributed by atoms with Crippen molar-refractivity contribution in [3.8, 4) is 0 Å². The van der Waals surface area contributed by atoms with Crippen LogP contribution in [0.4, 0.5) is 23.7 Å². The number of sulfonamides is 1. The second-order valence-electron chi connectivity index (χ2n) is 7.95. The smallest absolute Gasteiger partial charge is 0.464 e. The number of hydrogen-bond acceptors (Lipinski definition) is 6. The number of ether oxygens (including phenoxy) is 2. The normalized spacial score (nSPS) is 13.4. The van der Waals surface area contributed by atoms with Crippen molar-refractivity contribution in [2.75, 3.05) is 18.5 Å². The average Bonchev–Trinajstić information content (AvgIpc) is 2.66. The van der Waals surface area contributed by atoms with E-state index in [9.17, 15) is 31.2 Å². The maximum Gasteiger partial charge on any atom is 0.511 e. The number of rotatable bonds is 9. The molecule has 34 heavy (non-hydrogen) atoms. The van der Waals surface area contributed by atoms with Gasteiger partial charge in [-0.2, -0.15) is 13.2 Å². The summed E-state index contributed by atoms with van der Waals surface area (Å²) in [5, 5.41) is 2.74. The van der Waals surface area contributed by atoms with Gasteiger partial charge in [0.1, 0.15) is 12.2 Å². The summed E-state index contributed by atoms with van der Waals surface area (Å²) >= 11 is 6.27. The van der Waals surface area contributed by atoms with Crippen LogP contribution in [-0.4, -0.2) is 44.7 Å². The Bertz CT molecular complexity index is 1010. The van der Waals surface area contributed by atoms with Crippen LogP contribution in [0, 0.1) is 16.6 Å². The number of amides is 1. The molecule has 2 N–H and O–H groups in total. The molecule has 0 fully saturated rings. The number of alkyl halides is 3. The van der Waals surface area contributed by atoms with Crippen LogP contribution in [0.3, 0.4) is 0 Å². The number of nitrogens with one attached hydrogen (secondary N) is 2. The van der Waals surface area contributed by atoms with Crippen molar-refractivity contribution in [2.45, 2.75) is 51.6 Å². The van der Waals surface area contributed by atoms with Crippen molar-refractivity contribution in [1.29, 1.82) is 0 Å². The summed E-state index contributed by atoms with van der Waals surface area (Å²) in [7, 11) is -5.50. The highest BCUT2D eigenvalue weighted by Crippen LogP contribution is 2.34. The Morgan fingerprint density at radius 1 is 1.12 bits per heavy atom. The Morgan fingerprint density at radius 3 is 2.21 bits per heavy atom. The first-order valence-electron chi connectivity index (χ1n) is 9.78. The third-order valence-electron chi connectivity index (χ3n) is 4.11. The molecule has 0 bridgehead atoms. The van der Waals surface area contributed by atoms with Gasteiger partial charge in [-0.05, 0) is 113 Å². The molecule has 0 heterocycles. The van der Waals surface area contributed by atoms with Crippen LogP contribution < -0.4 is 10.0 Å². The molecule has 194 valence electrons. The number of anilines is 1. The van der Waals surface area contributed by atoms with Gasteiger partial charge in [-0.25, -0.2) is 17.9 Å². The molecule has 0 saturated heterocycles. The molecule has 0 saturated carbocycles. The van der Waals surface area contributed by atoms with Gasteiger partial charge in [0.05, 0.1) is 11.6 Å². The van der Waals surface area contributed by atoms with E-state index in [-0.39, 0.29) is 6.42 Å². The lowest BCUT2D eigenvalue weighted by molar-refractivity contribution is -0.148. The monoisotopic (exact) mass is 846 g/mol. The van der Waals surface area contributed by atoms with Gasteiger partial charge in [0.2, 0.25) is 0 Å². The lowest BCUT2D eigenvalue weighted by Gasteiger charge is -2.22. The average molecular weight is 846 g/mol. The van der Waals surface area contributed by atoms with E-state index in [1.54, 1.807) is 27.7 Å². The summed E-state index contributed by atoms with van der Waals surface area (Å²) < 4.78 is 73.0. The van der Waals surface area contributed by atoms with E-state index in [0.717, 1.165) is 12.7 Å². The molecule has 0 aliphatic carbocycles. The van der Waals surface area contributed by atoms with E-state index >= 15 is 0 Å². The number of halogens is 6. The number of carbonyl (C=O) groups is 2. The Balaban J connectivity index is 2.92. The standard InChI is InChI=1S/C19H24F3I3N2O6S/c1-5-10(16(28)32-7-6-26-34(30,31)19(20,21)22)8-11-12(23)9-13(24)15(14(11)25)27-17(29)33-18(2,3)4/h9-10,26H,5-8H2,1-4H3,(H,27,29). The van der Waals surface area contributed by atoms with Gasteiger partial charge >= 0.3 is 27.6 Å². The van der Waals surface area contributed by atoms with Gasteiger partial charge in [-0.3, -0.25) is 10.1 Å². The third-order valence-corrected chi connectivity index (χ3v) is 8.31. The molecule has 0 spiro atoms. The molecular weight excluding hydrogens is 822 g/mol. The Kier molecular flexibility index (Phi) is 12.1. The van der Waals surface area contributed by atoms with E-state index in [1.807, 2.05) is 6.07 Å². The highest BCUT2D eigenvalue weighted by atomic mass is 127. The lowest BCUT2D eigenvalue weighted by Crippen LogP contribution is -2.38. The summed E-state index contributed by atoms with van der Waals surface area (Å²) in [5.41, 5.74) is -4.80. The fraction of sp³-hybridized carbons (Fsp3) is 0.579. The molecule has 0 aliphatic heterocycles. The van der Waals surface area contributed by atoms with Gasteiger partial charge in [0, 0.05) is 17.3 Å². The summed E-state index contributed by atoms with van der Waals surface area (Å²) in [6.45, 7) is 5.74. The van der Waals surface area contributed by atoms with Crippen LogP contribution >= 0.6 is 67.8 Å². The van der Waals surface area contributed by atoms with Gasteiger partial charge in [-0.15, -0.1) is 0 Å². The van der Waals surface area contributed by atoms with Crippen molar-refractivity contribution in [2.24, 2.45) is 5.92 Å². The first-order valence-corrected chi connectivity index (χ1v) is 14.5. The molecule has 15 heteroatoms. The molecule has 0 aliphatic rings. The SMILES string of the molecule is CCC(Cc1c(I)cc(I)c(NC(=O)OC(C)(C)C)c1I)C(=O)OCCNS(=O)(=O)C(F)(F)F. The van der Waals surface area contributed by atoms with Crippen molar-refractivity contribution < 1.29 is 40.7 Å². The van der Waals surface area contributed by atoms with Crippen LogP contribution in [-0.2, 0) is 30.7 Å². The minimum atomic E-state index is -5.50. The lowest BCUT2D eigenvalue weighted by atomic mass is 9.96. The summed E-state index contributed by atoms with van der Waals surface area (Å²) in [6, 6.07) is 1.84. The van der Waals surface area contributed by atoms with E-state index in [2.05, 4.69) is 73.1 Å². The first-order chi connectivity index (χ1) is 15.4. The van der Waals surface area contributed by atoms with E-state index in [0.29, 0.717) is 15.7 Å². The topological polar surface area (TPSA) is 111 Å². The summed E-state index contributed by atoms with van der Waals surface area (Å²) in [5.74, 6) is -1.30. The fourth-order valence-corrected chi connectivity index (χ4v) is 7.10. The van der Waals surface area contributed by atoms with Crippen molar-refractivity contribution >= 4 is 95.5 Å². The molecule has 1 aromatic carbocycles. The highest BCUT2D eigenvalue weighted by Gasteiger charge is 2.45. The fourth-order valence-electron chi connectivity index (χ4n) is 2.51. The highest BCUT2D eigenvalue weighted by molar-refractivity contribution is 14.1. The largest absolute Gasteiger partial charge is 0.511 e. The predicted molar refractivity (Wildman–Crippen MR) is 146 cm³/mol. The maximum absolute atomic E-state index is 12.5. The zero-order chi connectivity index (χ0) is 26.5. The van der Waals surface area contributed by atoms with Crippen molar-refractivity contribution in [3.05, 3.63) is 22.3 Å². The van der Waals surface area contributed by atoms with Gasteiger partial charge in [0.25, 0.3) is 0 Å². The molecule has 1 aromatic rings. The van der Waals surface area contributed by atoms with E-state index in [4.69, 9.17) is 9.47 Å². The number of hydrogen-bond donors (Lipinski definition) is 2. The minimum Gasteiger partial charge on any atom is -0.464 e. The van der Waals surface area contributed by atoms with Crippen LogP contribution in [0.5, 0.6) is 0 Å². The Morgan fingerprint density at radius 2 is 1.71 bits per heavy atom. The number of benzene rings is 1. The summed E-state index contributed by atoms with van der Waals surface area (Å²) in [4.78, 5) is 24.8. The third kappa shape index (κ3) is 9.72. The van der Waals surface area contributed by atoms with Crippen LogP contribution in [0.25, 0.3) is 0 Å². The molecule has 1 atom stereocenters. The van der Waals surface area contributed by atoms with E-state index in [1.165, 1.54) is 4.72 Å². The Hall–Kier alpha value is -0.150. The zero-order valence-corrected chi connectivity index (χ0v) is 25.9. The van der Waals surface area contributed by atoms with Gasteiger partial charge in [-0.1, -0.05) is 6.92 Å². The maximum atomic E-state index is 12.5. The number of esters is 1. The number of carbonyl (C=O) groups excluding carboxylic acids is 2.